The van der Waals surface area contributed by atoms with Gasteiger partial charge < -0.3 is 64.5 Å². The lowest BCUT2D eigenvalue weighted by molar-refractivity contribution is -0.325. The van der Waals surface area contributed by atoms with Crippen LogP contribution in [0.2, 0.25) is 0 Å². The minimum absolute atomic E-state index is 0.0875. The summed E-state index contributed by atoms with van der Waals surface area (Å²) in [5.41, 5.74) is 0.315. The van der Waals surface area contributed by atoms with Crippen LogP contribution in [0.5, 0.6) is 0 Å². The van der Waals surface area contributed by atoms with Crippen LogP contribution in [-0.4, -0.2) is 187 Å². The second-order valence-corrected chi connectivity index (χ2v) is 15.7. The highest BCUT2D eigenvalue weighted by Gasteiger charge is 2.53. The second-order valence-electron chi connectivity index (χ2n) is 15.7. The molecule has 0 bridgehead atoms. The van der Waals surface area contributed by atoms with Gasteiger partial charge in [0.1, 0.15) is 61.3 Å². The molecule has 4 aliphatic heterocycles. The van der Waals surface area contributed by atoms with Crippen molar-refractivity contribution in [3.63, 3.8) is 0 Å². The second kappa shape index (κ2) is 18.8. The minimum Gasteiger partial charge on any atom is -0.445 e. The third-order valence-corrected chi connectivity index (χ3v) is 11.9. The molecular weight excluding hydrogens is 776 g/mol. The highest BCUT2D eigenvalue weighted by molar-refractivity contribution is 5.93. The summed E-state index contributed by atoms with van der Waals surface area (Å²) in [6, 6.07) is 2.57. The molecule has 4 aliphatic rings. The lowest BCUT2D eigenvalue weighted by atomic mass is 9.90. The smallest absolute Gasteiger partial charge is 0.419 e. The zero-order chi connectivity index (χ0) is 42.7. The number of hydrogen-bond acceptors (Lipinski definition) is 17. The average Bonchev–Trinajstić information content (AvgIpc) is 3.67. The Morgan fingerprint density at radius 3 is 2.37 bits per heavy atom. The topological polar surface area (TPSA) is 283 Å². The number of rotatable bonds is 10. The Labute approximate surface area is 340 Å². The van der Waals surface area contributed by atoms with E-state index >= 15 is 0 Å². The molecule has 10 unspecified atom stereocenters. The molecule has 21 nitrogen and oxygen atoms in total. The van der Waals surface area contributed by atoms with Crippen molar-refractivity contribution in [2.45, 2.75) is 126 Å². The van der Waals surface area contributed by atoms with Crippen LogP contribution >= 0.6 is 0 Å². The highest BCUT2D eigenvalue weighted by atomic mass is 16.7. The number of nitrogens with one attached hydrogen (secondary N) is 1. The summed E-state index contributed by atoms with van der Waals surface area (Å²) in [6.07, 6.45) is -10.7. The largest absolute Gasteiger partial charge is 0.445 e. The maximum atomic E-state index is 13.8. The molecule has 0 aliphatic carbocycles. The fourth-order valence-corrected chi connectivity index (χ4v) is 8.48. The molecule has 2 aromatic heterocycles. The summed E-state index contributed by atoms with van der Waals surface area (Å²) in [5.74, 6) is -0.636. The van der Waals surface area contributed by atoms with Gasteiger partial charge in [-0.3, -0.25) is 14.4 Å². The molecule has 6 rings (SSSR count). The summed E-state index contributed by atoms with van der Waals surface area (Å²) in [6.45, 7) is 5.69. The number of likely N-dealkylation sites (N-methyl/N-ethyl adjacent to an activating group) is 1. The van der Waals surface area contributed by atoms with E-state index in [0.29, 0.717) is 36.4 Å². The number of hydrogen-bond donors (Lipinski definition) is 6. The summed E-state index contributed by atoms with van der Waals surface area (Å²) in [4.78, 5) is 65.7. The Bertz CT molecular complexity index is 1870. The zero-order valence-corrected chi connectivity index (χ0v) is 33.4. The average molecular weight is 831 g/mol. The molecule has 2 aromatic rings. The number of piperidine rings is 2. The van der Waals surface area contributed by atoms with Gasteiger partial charge in [-0.25, -0.2) is 19.3 Å². The van der Waals surface area contributed by atoms with Crippen LogP contribution in [0.3, 0.4) is 0 Å². The van der Waals surface area contributed by atoms with Crippen LogP contribution in [-0.2, 0) is 33.3 Å². The Balaban J connectivity index is 1.08. The Morgan fingerprint density at radius 1 is 1.00 bits per heavy atom. The normalized spacial score (nSPS) is 32.9. The fourth-order valence-electron chi connectivity index (χ4n) is 8.48. The number of carbonyl (C=O) groups excluding carboxylic acids is 4. The molecule has 12 atom stereocenters. The molecule has 4 saturated heterocycles. The van der Waals surface area contributed by atoms with E-state index < -0.39 is 91.8 Å². The van der Waals surface area contributed by atoms with E-state index in [1.165, 1.54) is 28.9 Å². The molecule has 0 radical (unpaired) electrons. The van der Waals surface area contributed by atoms with Crippen molar-refractivity contribution < 1.29 is 63.7 Å². The first-order valence-corrected chi connectivity index (χ1v) is 19.9. The van der Waals surface area contributed by atoms with Crippen molar-refractivity contribution in [1.82, 2.24) is 29.7 Å². The number of nitrogens with zero attached hydrogens (tertiary/aromatic N) is 7. The number of fused-ring (bicyclic) bond motifs is 1. The molecule has 4 fully saturated rings. The van der Waals surface area contributed by atoms with Gasteiger partial charge in [-0.05, 0) is 24.8 Å². The first-order valence-electron chi connectivity index (χ1n) is 19.9. The van der Waals surface area contributed by atoms with Gasteiger partial charge in [0, 0.05) is 59.2 Å². The summed E-state index contributed by atoms with van der Waals surface area (Å²) >= 11 is 0. The Morgan fingerprint density at radius 2 is 1.71 bits per heavy atom. The Kier molecular flexibility index (Phi) is 14.0. The lowest BCUT2D eigenvalue weighted by Crippen LogP contribution is -2.68. The van der Waals surface area contributed by atoms with Gasteiger partial charge >= 0.3 is 6.09 Å². The van der Waals surface area contributed by atoms with Crippen molar-refractivity contribution in [2.75, 3.05) is 44.7 Å². The van der Waals surface area contributed by atoms with E-state index in [1.807, 2.05) is 18.0 Å². The first kappa shape index (κ1) is 44.0. The Hall–Kier alpha value is -4.53. The van der Waals surface area contributed by atoms with Crippen LogP contribution in [0.25, 0.3) is 11.0 Å². The van der Waals surface area contributed by atoms with Crippen LogP contribution in [0, 0.1) is 17.2 Å². The molecular formula is C38H54N8O13. The van der Waals surface area contributed by atoms with E-state index in [1.54, 1.807) is 17.9 Å². The predicted octanol–water partition coefficient (Wildman–Crippen LogP) is -1.78. The van der Waals surface area contributed by atoms with Crippen LogP contribution in [0.1, 0.15) is 52.9 Å². The molecule has 0 spiro atoms. The van der Waals surface area contributed by atoms with E-state index in [0.717, 1.165) is 6.42 Å². The number of aromatic nitrogens is 3. The van der Waals surface area contributed by atoms with Crippen molar-refractivity contribution in [3.8, 4) is 6.07 Å². The quantitative estimate of drug-likeness (QED) is 0.154. The number of anilines is 1. The summed E-state index contributed by atoms with van der Waals surface area (Å²) in [5, 5.41) is 65.6. The third-order valence-electron chi connectivity index (χ3n) is 11.9. The van der Waals surface area contributed by atoms with Gasteiger partial charge in [0.25, 0.3) is 5.91 Å². The predicted molar refractivity (Wildman–Crippen MR) is 203 cm³/mol. The number of carbonyl (C=O) groups is 4. The van der Waals surface area contributed by atoms with Gasteiger partial charge in [0.15, 0.2) is 18.0 Å². The number of aliphatic hydroxyl groups is 5. The maximum Gasteiger partial charge on any atom is 0.419 e. The van der Waals surface area contributed by atoms with Crippen LogP contribution < -0.4 is 10.2 Å². The summed E-state index contributed by atoms with van der Waals surface area (Å²) < 4.78 is 24.6. The molecule has 59 heavy (non-hydrogen) atoms. The molecule has 3 amide bonds. The van der Waals surface area contributed by atoms with Gasteiger partial charge in [0.2, 0.25) is 11.8 Å². The summed E-state index contributed by atoms with van der Waals surface area (Å²) in [7, 11) is 1.87. The van der Waals surface area contributed by atoms with Crippen LogP contribution in [0.15, 0.2) is 18.6 Å². The van der Waals surface area contributed by atoms with Crippen molar-refractivity contribution in [1.29, 1.82) is 5.26 Å². The number of nitriles is 1. The number of ether oxygens (including phenoxy) is 4. The molecule has 0 aromatic carbocycles. The fraction of sp³-hybridized carbons (Fsp3) is 0.711. The third kappa shape index (κ3) is 9.14. The van der Waals surface area contributed by atoms with E-state index in [-0.39, 0.29) is 50.2 Å². The molecule has 21 heteroatoms. The van der Waals surface area contributed by atoms with E-state index in [4.69, 9.17) is 24.2 Å². The van der Waals surface area contributed by atoms with E-state index in [2.05, 4.69) is 22.2 Å². The minimum atomic E-state index is -1.90. The van der Waals surface area contributed by atoms with Gasteiger partial charge in [-0.1, -0.05) is 13.8 Å². The zero-order valence-electron chi connectivity index (χ0n) is 33.4. The van der Waals surface area contributed by atoms with Crippen molar-refractivity contribution >= 4 is 40.7 Å². The number of likely N-dealkylation sites (tertiary alicyclic amines) is 2. The van der Waals surface area contributed by atoms with Gasteiger partial charge in [-0.2, -0.15) is 5.26 Å². The molecule has 0 saturated carbocycles. The lowest BCUT2D eigenvalue weighted by Gasteiger charge is -2.48. The number of amides is 3. The number of aliphatic hydroxyl groups excluding tert-OH is 5. The van der Waals surface area contributed by atoms with E-state index in [9.17, 15) is 44.7 Å². The van der Waals surface area contributed by atoms with Gasteiger partial charge in [-0.15, -0.1) is 0 Å². The molecule has 324 valence electrons. The van der Waals surface area contributed by atoms with Crippen molar-refractivity contribution in [3.05, 3.63) is 18.6 Å². The molecule has 6 heterocycles. The SMILES string of the molecule is CCC1OC(CO)C(O)C(OC2OC(C(=O)N3CCC(OC(=O)n4ccc5c(N(C)[C@H]6CN(C(=O)CC#N)CC[C@H]6C)ncnc54)CC3)C(O)C(O)C2O)C1NC(C)=O. The van der Waals surface area contributed by atoms with Crippen molar-refractivity contribution in [2.24, 2.45) is 5.92 Å². The maximum absolute atomic E-state index is 13.8. The van der Waals surface area contributed by atoms with Crippen LogP contribution in [0.4, 0.5) is 10.6 Å². The van der Waals surface area contributed by atoms with Gasteiger partial charge in [0.05, 0.1) is 36.2 Å². The molecule has 6 N–H and O–H groups in total. The monoisotopic (exact) mass is 830 g/mol. The highest BCUT2D eigenvalue weighted by Crippen LogP contribution is 2.33. The standard InChI is InChI=1S/C38H54N8O13/c1-5-24-27(42-20(3)48)32(28(50)25(17-47)57-24)58-37-31(53)29(51)30(52)33(59-37)36(54)44-13-8-21(9-14-44)56-38(55)46-15-10-22-34(40-18-41-35(22)46)43(4)23-16-45(12-7-19(23)2)26(49)6-11-39/h10,15,18-19,21,23-25,27-33,37,47,50-53H,5-9,12-14,16-17H2,1-4H3,(H,42,48)/t19-,23+,24?,25?,27?,28?,29?,30?,31?,32?,33?,37?/m1/s1. The first-order chi connectivity index (χ1) is 28.2.